The Morgan fingerprint density at radius 2 is 1.67 bits per heavy atom. The maximum Gasteiger partial charge on any atom is 0.258 e. The van der Waals surface area contributed by atoms with Gasteiger partial charge in [0.25, 0.3) is 5.91 Å². The summed E-state index contributed by atoms with van der Waals surface area (Å²) in [6.45, 7) is -0.177. The van der Waals surface area contributed by atoms with Crippen LogP contribution in [0.25, 0.3) is 0 Å². The van der Waals surface area contributed by atoms with Gasteiger partial charge in [0.1, 0.15) is 11.6 Å². The summed E-state index contributed by atoms with van der Waals surface area (Å²) in [6.07, 6.45) is 0.663. The Bertz CT molecular complexity index is 1710. The average molecular weight is 608 g/mol. The number of fused-ring (bicyclic) bond motifs is 1. The Morgan fingerprint density at radius 1 is 0.976 bits per heavy atom. The van der Waals surface area contributed by atoms with Crippen LogP contribution in [0.15, 0.2) is 95.9 Å². The Kier molecular flexibility index (Phi) is 8.58. The van der Waals surface area contributed by atoms with Gasteiger partial charge in [-0.05, 0) is 90.3 Å². The van der Waals surface area contributed by atoms with Gasteiger partial charge in [-0.2, -0.15) is 4.31 Å². The van der Waals surface area contributed by atoms with Crippen LogP contribution in [0.5, 0.6) is 5.75 Å². The number of anilines is 2. The van der Waals surface area contributed by atoms with E-state index in [-0.39, 0.29) is 17.3 Å². The van der Waals surface area contributed by atoms with Gasteiger partial charge in [0.15, 0.2) is 0 Å². The molecule has 0 atom stereocenters. The van der Waals surface area contributed by atoms with Crippen molar-refractivity contribution in [1.29, 1.82) is 0 Å². The fraction of sp³-hybridized carbons (Fsp3) is 0.161. The van der Waals surface area contributed by atoms with Crippen molar-refractivity contribution in [3.05, 3.63) is 119 Å². The van der Waals surface area contributed by atoms with E-state index in [0.29, 0.717) is 46.2 Å². The highest BCUT2D eigenvalue weighted by Crippen LogP contribution is 2.32. The van der Waals surface area contributed by atoms with Crippen LogP contribution in [-0.2, 0) is 27.8 Å². The van der Waals surface area contributed by atoms with Crippen molar-refractivity contribution >= 4 is 44.8 Å². The largest absolute Gasteiger partial charge is 0.497 e. The highest BCUT2D eigenvalue weighted by molar-refractivity contribution is 7.89. The first kappa shape index (κ1) is 29.2. The zero-order valence-corrected chi connectivity index (χ0v) is 24.2. The quantitative estimate of drug-likeness (QED) is 0.270. The fourth-order valence-corrected chi connectivity index (χ4v) is 6.20. The molecule has 1 aliphatic heterocycles. The van der Waals surface area contributed by atoms with E-state index in [1.807, 2.05) is 6.07 Å². The van der Waals surface area contributed by atoms with Crippen molar-refractivity contribution in [3.8, 4) is 5.75 Å². The van der Waals surface area contributed by atoms with Crippen LogP contribution in [0, 0.1) is 5.82 Å². The molecule has 1 heterocycles. The maximum absolute atomic E-state index is 13.5. The molecule has 5 rings (SSSR count). The van der Waals surface area contributed by atoms with Gasteiger partial charge >= 0.3 is 0 Å². The minimum atomic E-state index is -4.12. The fourth-order valence-electron chi connectivity index (χ4n) is 4.69. The summed E-state index contributed by atoms with van der Waals surface area (Å²) in [7, 11) is -2.57. The highest BCUT2D eigenvalue weighted by Gasteiger charge is 2.29. The maximum atomic E-state index is 13.5. The molecule has 0 radical (unpaired) electrons. The average Bonchev–Trinajstić information content (AvgIpc) is 3.41. The first-order valence-electron chi connectivity index (χ1n) is 13.0. The van der Waals surface area contributed by atoms with Crippen molar-refractivity contribution in [1.82, 2.24) is 4.31 Å². The molecule has 0 bridgehead atoms. The van der Waals surface area contributed by atoms with Crippen LogP contribution >= 0.6 is 11.6 Å². The molecule has 4 aromatic rings. The van der Waals surface area contributed by atoms with E-state index in [2.05, 4.69) is 5.32 Å². The van der Waals surface area contributed by atoms with Gasteiger partial charge in [0.05, 0.1) is 18.6 Å². The number of methoxy groups -OCH3 is 1. The Morgan fingerprint density at radius 3 is 2.33 bits per heavy atom. The van der Waals surface area contributed by atoms with Gasteiger partial charge in [-0.25, -0.2) is 12.8 Å². The summed E-state index contributed by atoms with van der Waals surface area (Å²) in [4.78, 5) is 28.1. The molecule has 0 saturated carbocycles. The minimum Gasteiger partial charge on any atom is -0.497 e. The first-order chi connectivity index (χ1) is 20.1. The number of nitrogens with zero attached hydrogens (tertiary/aromatic N) is 2. The molecule has 0 aliphatic carbocycles. The van der Waals surface area contributed by atoms with Crippen molar-refractivity contribution in [3.63, 3.8) is 0 Å². The Balaban J connectivity index is 1.35. The number of benzene rings is 4. The second-order valence-corrected chi connectivity index (χ2v) is 12.1. The topological polar surface area (TPSA) is 96.0 Å². The highest BCUT2D eigenvalue weighted by atomic mass is 35.5. The van der Waals surface area contributed by atoms with E-state index in [1.165, 1.54) is 48.5 Å². The Hall–Kier alpha value is -4.25. The molecule has 2 amide bonds. The second-order valence-electron chi connectivity index (χ2n) is 9.68. The third-order valence-corrected chi connectivity index (χ3v) is 8.95. The van der Waals surface area contributed by atoms with Crippen molar-refractivity contribution in [2.24, 2.45) is 0 Å². The number of rotatable bonds is 9. The molecular formula is C31H27ClFN3O5S. The van der Waals surface area contributed by atoms with Crippen molar-refractivity contribution < 1.29 is 27.1 Å². The lowest BCUT2D eigenvalue weighted by molar-refractivity contribution is -0.116. The molecule has 0 unspecified atom stereocenters. The molecule has 4 aromatic carbocycles. The molecule has 1 aliphatic rings. The van der Waals surface area contributed by atoms with E-state index in [1.54, 1.807) is 48.4 Å². The molecule has 0 aromatic heterocycles. The molecule has 0 fully saturated rings. The zero-order chi connectivity index (χ0) is 29.9. The normalized spacial score (nSPS) is 12.7. The molecule has 11 heteroatoms. The number of sulfonamides is 1. The monoisotopic (exact) mass is 607 g/mol. The standard InChI is InChI=1S/C31H27ClFN3O5S/c1-41-27-12-5-23(6-13-27)31(38)36-17-16-22-4-11-26(18-29(22)36)34-30(37)20-35(19-21-2-9-25(33)10-3-21)42(39,40)28-14-7-24(32)8-15-28/h2-15,18H,16-17,19-20H2,1H3,(H,34,37). The predicted octanol–water partition coefficient (Wildman–Crippen LogP) is 5.52. The second kappa shape index (κ2) is 12.3. The number of halogens is 2. The number of carbonyl (C=O) groups excluding carboxylic acids is 2. The molecule has 1 N–H and O–H groups in total. The van der Waals surface area contributed by atoms with Crippen LogP contribution in [0.2, 0.25) is 5.02 Å². The van der Waals surface area contributed by atoms with Crippen molar-refractivity contribution in [2.75, 3.05) is 30.4 Å². The van der Waals surface area contributed by atoms with E-state index >= 15 is 0 Å². The van der Waals surface area contributed by atoms with E-state index in [0.717, 1.165) is 9.87 Å². The van der Waals surface area contributed by atoms with Crippen LogP contribution in [0.1, 0.15) is 21.5 Å². The SMILES string of the molecule is COc1ccc(C(=O)N2CCc3ccc(NC(=O)CN(Cc4ccc(F)cc4)S(=O)(=O)c4ccc(Cl)cc4)cc32)cc1. The number of nitrogens with one attached hydrogen (secondary N) is 1. The van der Waals surface area contributed by atoms with Gasteiger partial charge in [0.2, 0.25) is 15.9 Å². The smallest absolute Gasteiger partial charge is 0.258 e. The summed E-state index contributed by atoms with van der Waals surface area (Å²) in [5.74, 6) is -0.579. The molecule has 216 valence electrons. The Labute approximate surface area is 248 Å². The van der Waals surface area contributed by atoms with Crippen LogP contribution in [-0.4, -0.2) is 44.7 Å². The van der Waals surface area contributed by atoms with Gasteiger partial charge in [-0.1, -0.05) is 29.8 Å². The lowest BCUT2D eigenvalue weighted by Crippen LogP contribution is -2.37. The first-order valence-corrected chi connectivity index (χ1v) is 14.8. The lowest BCUT2D eigenvalue weighted by atomic mass is 10.1. The van der Waals surface area contributed by atoms with E-state index in [4.69, 9.17) is 16.3 Å². The molecule has 0 saturated heterocycles. The minimum absolute atomic E-state index is 0.0352. The van der Waals surface area contributed by atoms with Crippen LogP contribution < -0.4 is 15.0 Å². The summed E-state index contributed by atoms with van der Waals surface area (Å²) < 4.78 is 46.7. The van der Waals surface area contributed by atoms with Gasteiger partial charge < -0.3 is 15.0 Å². The summed E-state index contributed by atoms with van der Waals surface area (Å²) in [6, 6.07) is 23.1. The third-order valence-electron chi connectivity index (χ3n) is 6.89. The van der Waals surface area contributed by atoms with Crippen molar-refractivity contribution in [2.45, 2.75) is 17.9 Å². The molecule has 8 nitrogen and oxygen atoms in total. The van der Waals surface area contributed by atoms with Crippen LogP contribution in [0.3, 0.4) is 0 Å². The van der Waals surface area contributed by atoms with Gasteiger partial charge in [0, 0.05) is 35.1 Å². The number of carbonyl (C=O) groups is 2. The van der Waals surface area contributed by atoms with Gasteiger partial charge in [-0.15, -0.1) is 0 Å². The number of hydrogen-bond acceptors (Lipinski definition) is 5. The molecule has 0 spiro atoms. The van der Waals surface area contributed by atoms with E-state index < -0.39 is 28.3 Å². The van der Waals surface area contributed by atoms with Crippen LogP contribution in [0.4, 0.5) is 15.8 Å². The lowest BCUT2D eigenvalue weighted by Gasteiger charge is -2.22. The summed E-state index contributed by atoms with van der Waals surface area (Å²) in [5.41, 5.74) is 3.05. The number of hydrogen-bond donors (Lipinski definition) is 1. The predicted molar refractivity (Wildman–Crippen MR) is 159 cm³/mol. The molecule has 42 heavy (non-hydrogen) atoms. The van der Waals surface area contributed by atoms with Gasteiger partial charge in [-0.3, -0.25) is 9.59 Å². The summed E-state index contributed by atoms with van der Waals surface area (Å²) in [5, 5.41) is 3.13. The zero-order valence-electron chi connectivity index (χ0n) is 22.6. The third kappa shape index (κ3) is 6.46. The summed E-state index contributed by atoms with van der Waals surface area (Å²) >= 11 is 5.94. The number of ether oxygens (including phenoxy) is 1. The van der Waals surface area contributed by atoms with E-state index in [9.17, 15) is 22.4 Å². The number of amides is 2. The molecular weight excluding hydrogens is 581 g/mol.